The second kappa shape index (κ2) is 8.23. The van der Waals surface area contributed by atoms with Crippen LogP contribution in [0.2, 0.25) is 0 Å². The number of methoxy groups -OCH3 is 1. The number of hydrogen-bond donors (Lipinski definition) is 2. The topological polar surface area (TPSA) is 87.1 Å². The molecule has 3 aromatic carbocycles. The van der Waals surface area contributed by atoms with E-state index in [1.165, 1.54) is 24.1 Å². The van der Waals surface area contributed by atoms with Gasteiger partial charge in [-0.05, 0) is 60.9 Å². The molecule has 6 nitrogen and oxygen atoms in total. The second-order valence-corrected chi connectivity index (χ2v) is 7.68. The first kappa shape index (κ1) is 21.2. The lowest BCUT2D eigenvalue weighted by Crippen LogP contribution is -2.30. The van der Waals surface area contributed by atoms with Crippen molar-refractivity contribution in [2.45, 2.75) is 19.9 Å². The molecule has 3 aromatic rings. The van der Waals surface area contributed by atoms with Crippen molar-refractivity contribution in [3.8, 4) is 11.5 Å². The SMILES string of the molecule is COc1ccccc1/C(O)=C1\C(=O)C(=O)N(c2cccc(C)c2C)C1c1ccc(O)cc1. The molecule has 1 saturated heterocycles. The summed E-state index contributed by atoms with van der Waals surface area (Å²) in [7, 11) is 1.47. The molecule has 1 fully saturated rings. The van der Waals surface area contributed by atoms with Crippen molar-refractivity contribution in [3.05, 3.63) is 94.6 Å². The van der Waals surface area contributed by atoms with Crippen LogP contribution in [0.15, 0.2) is 72.3 Å². The van der Waals surface area contributed by atoms with Gasteiger partial charge in [0, 0.05) is 5.69 Å². The monoisotopic (exact) mass is 429 g/mol. The fourth-order valence-electron chi connectivity index (χ4n) is 4.03. The van der Waals surface area contributed by atoms with Crippen LogP contribution in [-0.2, 0) is 9.59 Å². The Morgan fingerprint density at radius 3 is 2.31 bits per heavy atom. The first-order valence-electron chi connectivity index (χ1n) is 10.1. The van der Waals surface area contributed by atoms with Crippen LogP contribution in [0.25, 0.3) is 5.76 Å². The summed E-state index contributed by atoms with van der Waals surface area (Å²) in [6, 6.07) is 17.7. The van der Waals surface area contributed by atoms with Gasteiger partial charge in [0.05, 0.1) is 24.3 Å². The molecule has 0 aromatic heterocycles. The summed E-state index contributed by atoms with van der Waals surface area (Å²) in [6.07, 6.45) is 0. The van der Waals surface area contributed by atoms with Crippen molar-refractivity contribution >= 4 is 23.1 Å². The van der Waals surface area contributed by atoms with E-state index in [1.54, 1.807) is 42.5 Å². The molecule has 6 heteroatoms. The molecule has 0 saturated carbocycles. The van der Waals surface area contributed by atoms with Crippen LogP contribution in [0.3, 0.4) is 0 Å². The highest BCUT2D eigenvalue weighted by molar-refractivity contribution is 6.51. The number of benzene rings is 3. The van der Waals surface area contributed by atoms with Crippen molar-refractivity contribution in [2.24, 2.45) is 0 Å². The molecule has 4 rings (SSSR count). The zero-order valence-corrected chi connectivity index (χ0v) is 18.0. The highest BCUT2D eigenvalue weighted by Gasteiger charge is 2.47. The average Bonchev–Trinajstić information content (AvgIpc) is 3.06. The number of phenolic OH excluding ortho intramolecular Hbond substituents is 1. The number of amides is 1. The largest absolute Gasteiger partial charge is 0.508 e. The summed E-state index contributed by atoms with van der Waals surface area (Å²) in [5.74, 6) is -1.39. The van der Waals surface area contributed by atoms with Crippen LogP contribution < -0.4 is 9.64 Å². The Balaban J connectivity index is 2.00. The van der Waals surface area contributed by atoms with Crippen LogP contribution in [0.1, 0.15) is 28.3 Å². The molecule has 162 valence electrons. The number of carbonyl (C=O) groups excluding carboxylic acids is 2. The van der Waals surface area contributed by atoms with Crippen LogP contribution >= 0.6 is 0 Å². The number of nitrogens with zero attached hydrogens (tertiary/aromatic N) is 1. The van der Waals surface area contributed by atoms with E-state index >= 15 is 0 Å². The molecule has 0 aliphatic carbocycles. The third kappa shape index (κ3) is 3.39. The van der Waals surface area contributed by atoms with Crippen LogP contribution in [0.4, 0.5) is 5.69 Å². The molecule has 2 N–H and O–H groups in total. The summed E-state index contributed by atoms with van der Waals surface area (Å²) in [4.78, 5) is 27.9. The fourth-order valence-corrected chi connectivity index (χ4v) is 4.03. The number of anilines is 1. The Kier molecular flexibility index (Phi) is 5.45. The van der Waals surface area contributed by atoms with Gasteiger partial charge in [-0.1, -0.05) is 36.4 Å². The normalized spacial score (nSPS) is 17.6. The summed E-state index contributed by atoms with van der Waals surface area (Å²) in [5, 5.41) is 21.0. The third-order valence-corrected chi connectivity index (χ3v) is 5.85. The predicted molar refractivity (Wildman–Crippen MR) is 122 cm³/mol. The number of aromatic hydroxyl groups is 1. The minimum atomic E-state index is -0.874. The zero-order chi connectivity index (χ0) is 23.0. The molecule has 1 unspecified atom stereocenters. The Bertz CT molecular complexity index is 1240. The number of rotatable bonds is 4. The van der Waals surface area contributed by atoms with E-state index in [4.69, 9.17) is 4.74 Å². The number of para-hydroxylation sites is 1. The minimum absolute atomic E-state index is 0.0360. The molecule has 1 heterocycles. The maximum atomic E-state index is 13.3. The molecule has 1 aliphatic heterocycles. The molecular weight excluding hydrogens is 406 g/mol. The van der Waals surface area contributed by atoms with E-state index in [1.807, 2.05) is 26.0 Å². The van der Waals surface area contributed by atoms with Gasteiger partial charge >= 0.3 is 0 Å². The van der Waals surface area contributed by atoms with Gasteiger partial charge in [-0.25, -0.2) is 0 Å². The van der Waals surface area contributed by atoms with Gasteiger partial charge in [0.15, 0.2) is 0 Å². The average molecular weight is 429 g/mol. The lowest BCUT2D eigenvalue weighted by Gasteiger charge is -2.27. The maximum absolute atomic E-state index is 13.3. The molecule has 32 heavy (non-hydrogen) atoms. The summed E-state index contributed by atoms with van der Waals surface area (Å²) in [5.41, 5.74) is 3.28. The Labute approximate surface area is 186 Å². The number of carbonyl (C=O) groups is 2. The quantitative estimate of drug-likeness (QED) is 0.358. The van der Waals surface area contributed by atoms with E-state index in [0.29, 0.717) is 22.6 Å². The molecule has 1 amide bonds. The van der Waals surface area contributed by atoms with Crippen molar-refractivity contribution in [2.75, 3.05) is 12.0 Å². The number of aliphatic hydroxyl groups excluding tert-OH is 1. The van der Waals surface area contributed by atoms with E-state index in [2.05, 4.69) is 0 Å². The lowest BCUT2D eigenvalue weighted by molar-refractivity contribution is -0.132. The van der Waals surface area contributed by atoms with Gasteiger partial charge in [0.2, 0.25) is 0 Å². The van der Waals surface area contributed by atoms with Gasteiger partial charge < -0.3 is 14.9 Å². The van der Waals surface area contributed by atoms with Gasteiger partial charge in [0.25, 0.3) is 11.7 Å². The predicted octanol–water partition coefficient (Wildman–Crippen LogP) is 4.64. The summed E-state index contributed by atoms with van der Waals surface area (Å²) < 4.78 is 5.35. The maximum Gasteiger partial charge on any atom is 0.300 e. The number of hydrogen-bond acceptors (Lipinski definition) is 5. The first-order valence-corrected chi connectivity index (χ1v) is 10.1. The molecule has 1 aliphatic rings. The first-order chi connectivity index (χ1) is 15.3. The van der Waals surface area contributed by atoms with Crippen molar-refractivity contribution in [1.29, 1.82) is 0 Å². The van der Waals surface area contributed by atoms with Crippen LogP contribution in [-0.4, -0.2) is 29.0 Å². The van der Waals surface area contributed by atoms with Crippen molar-refractivity contribution in [3.63, 3.8) is 0 Å². The third-order valence-electron chi connectivity index (χ3n) is 5.85. The van der Waals surface area contributed by atoms with E-state index in [0.717, 1.165) is 11.1 Å². The standard InChI is InChI=1S/C26H23NO5/c1-15-7-6-9-20(16(15)2)27-23(17-11-13-18(28)14-12-17)22(25(30)26(27)31)24(29)19-8-4-5-10-21(19)32-3/h4-14,23,28-29H,1-3H3/b24-22+. The smallest absolute Gasteiger partial charge is 0.300 e. The molecule has 0 radical (unpaired) electrons. The zero-order valence-electron chi connectivity index (χ0n) is 18.0. The molecule has 1 atom stereocenters. The molecule has 0 spiro atoms. The Hall–Kier alpha value is -4.06. The fraction of sp³-hybridized carbons (Fsp3) is 0.154. The number of ketones is 1. The Morgan fingerprint density at radius 1 is 0.938 bits per heavy atom. The minimum Gasteiger partial charge on any atom is -0.508 e. The number of aliphatic hydroxyl groups is 1. The van der Waals surface area contributed by atoms with Crippen LogP contribution in [0, 0.1) is 13.8 Å². The number of Topliss-reactive ketones (excluding diaryl/α,β-unsaturated/α-hetero) is 1. The lowest BCUT2D eigenvalue weighted by atomic mass is 9.94. The van der Waals surface area contributed by atoms with Crippen LogP contribution in [0.5, 0.6) is 11.5 Å². The number of ether oxygens (including phenoxy) is 1. The summed E-state index contributed by atoms with van der Waals surface area (Å²) >= 11 is 0. The van der Waals surface area contributed by atoms with Gasteiger partial charge in [-0.2, -0.15) is 0 Å². The van der Waals surface area contributed by atoms with Crippen molar-refractivity contribution in [1.82, 2.24) is 0 Å². The second-order valence-electron chi connectivity index (χ2n) is 7.68. The highest BCUT2D eigenvalue weighted by Crippen LogP contribution is 2.44. The Morgan fingerprint density at radius 2 is 1.62 bits per heavy atom. The number of aryl methyl sites for hydroxylation is 1. The highest BCUT2D eigenvalue weighted by atomic mass is 16.5. The van der Waals surface area contributed by atoms with Gasteiger partial charge in [0.1, 0.15) is 17.3 Å². The van der Waals surface area contributed by atoms with E-state index in [9.17, 15) is 19.8 Å². The summed E-state index contributed by atoms with van der Waals surface area (Å²) in [6.45, 7) is 3.82. The van der Waals surface area contributed by atoms with E-state index in [-0.39, 0.29) is 17.1 Å². The van der Waals surface area contributed by atoms with Gasteiger partial charge in [-0.15, -0.1) is 0 Å². The van der Waals surface area contributed by atoms with Crippen molar-refractivity contribution < 1.29 is 24.5 Å². The van der Waals surface area contributed by atoms with E-state index < -0.39 is 17.7 Å². The molecule has 0 bridgehead atoms. The molecular formula is C26H23NO5. The van der Waals surface area contributed by atoms with Gasteiger partial charge in [-0.3, -0.25) is 14.5 Å². The number of phenols is 1.